The molecule has 0 N–H and O–H groups in total. The molecule has 7 nitrogen and oxygen atoms in total. The van der Waals surface area contributed by atoms with Crippen LogP contribution in [0.4, 0.5) is 10.9 Å². The minimum Gasteiger partial charge on any atom is -0.349 e. The number of hydrogen-bond donors (Lipinski definition) is 0. The Hall–Kier alpha value is -2.22. The maximum Gasteiger partial charge on any atom is 0.242 e. The highest BCUT2D eigenvalue weighted by Gasteiger charge is 2.21. The van der Waals surface area contributed by atoms with Gasteiger partial charge in [-0.3, -0.25) is 9.78 Å². The Kier molecular flexibility index (Phi) is 5.24. The summed E-state index contributed by atoms with van der Waals surface area (Å²) in [7, 11) is 1.87. The molecule has 2 aromatic rings. The Morgan fingerprint density at radius 2 is 2.17 bits per heavy atom. The second kappa shape index (κ2) is 7.57. The highest BCUT2D eigenvalue weighted by molar-refractivity contribution is 7.13. The van der Waals surface area contributed by atoms with Gasteiger partial charge in [0.25, 0.3) is 0 Å². The van der Waals surface area contributed by atoms with Crippen molar-refractivity contribution >= 4 is 28.2 Å². The van der Waals surface area contributed by atoms with Crippen molar-refractivity contribution in [1.29, 1.82) is 0 Å². The summed E-state index contributed by atoms with van der Waals surface area (Å²) in [6.07, 6.45) is 5.89. The van der Waals surface area contributed by atoms with Crippen molar-refractivity contribution in [3.63, 3.8) is 0 Å². The van der Waals surface area contributed by atoms with Gasteiger partial charge in [-0.25, -0.2) is 9.97 Å². The highest BCUT2D eigenvalue weighted by Crippen LogP contribution is 2.21. The summed E-state index contributed by atoms with van der Waals surface area (Å²) < 4.78 is 0. The van der Waals surface area contributed by atoms with Gasteiger partial charge in [-0.05, 0) is 13.3 Å². The SMILES string of the molecule is Cc1csc(N2CCCN(C(=O)CN(C)c3cnccn3)CC2)n1. The maximum absolute atomic E-state index is 12.6. The predicted molar refractivity (Wildman–Crippen MR) is 95.6 cm³/mol. The predicted octanol–water partition coefficient (Wildman–Crippen LogP) is 1.42. The van der Waals surface area contributed by atoms with Crippen LogP contribution in [0.3, 0.4) is 0 Å². The average Bonchev–Trinajstić information content (AvgIpc) is 2.88. The number of aromatic nitrogens is 3. The summed E-state index contributed by atoms with van der Waals surface area (Å²) in [4.78, 5) is 31.5. The summed E-state index contributed by atoms with van der Waals surface area (Å²) in [6, 6.07) is 0. The number of rotatable bonds is 4. The van der Waals surface area contributed by atoms with Crippen LogP contribution in [-0.2, 0) is 4.79 Å². The number of amides is 1. The molecule has 0 saturated carbocycles. The van der Waals surface area contributed by atoms with Crippen LogP contribution in [0.1, 0.15) is 12.1 Å². The lowest BCUT2D eigenvalue weighted by Crippen LogP contribution is -2.41. The van der Waals surface area contributed by atoms with Crippen molar-refractivity contribution in [2.24, 2.45) is 0 Å². The second-order valence-corrected chi connectivity index (χ2v) is 6.75. The van der Waals surface area contributed by atoms with Crippen LogP contribution in [0.15, 0.2) is 24.0 Å². The fourth-order valence-electron chi connectivity index (χ4n) is 2.72. The number of nitrogens with zero attached hydrogens (tertiary/aromatic N) is 6. The molecule has 3 rings (SSSR count). The molecule has 0 bridgehead atoms. The molecule has 1 aliphatic rings. The molecule has 128 valence electrons. The molecule has 0 spiro atoms. The van der Waals surface area contributed by atoms with Gasteiger partial charge in [0.1, 0.15) is 5.82 Å². The Morgan fingerprint density at radius 3 is 2.88 bits per heavy atom. The molecule has 2 aromatic heterocycles. The fraction of sp³-hybridized carbons (Fsp3) is 0.500. The zero-order valence-corrected chi connectivity index (χ0v) is 14.9. The van der Waals surface area contributed by atoms with E-state index in [0.29, 0.717) is 12.4 Å². The van der Waals surface area contributed by atoms with E-state index in [4.69, 9.17) is 0 Å². The van der Waals surface area contributed by atoms with Gasteiger partial charge < -0.3 is 14.7 Å². The van der Waals surface area contributed by atoms with E-state index in [9.17, 15) is 4.79 Å². The van der Waals surface area contributed by atoms with Crippen molar-refractivity contribution in [3.05, 3.63) is 29.7 Å². The van der Waals surface area contributed by atoms with Crippen LogP contribution in [0.25, 0.3) is 0 Å². The van der Waals surface area contributed by atoms with E-state index in [1.807, 2.05) is 23.8 Å². The van der Waals surface area contributed by atoms with Gasteiger partial charge >= 0.3 is 0 Å². The number of carbonyl (C=O) groups excluding carboxylic acids is 1. The quantitative estimate of drug-likeness (QED) is 0.834. The molecular formula is C16H22N6OS. The summed E-state index contributed by atoms with van der Waals surface area (Å²) in [6.45, 7) is 5.61. The standard InChI is InChI=1S/C16H22N6OS/c1-13-12-24-16(19-13)22-7-3-6-21(8-9-22)15(23)11-20(2)14-10-17-4-5-18-14/h4-5,10,12H,3,6-9,11H2,1-2H3. The average molecular weight is 346 g/mol. The third kappa shape index (κ3) is 4.00. The molecule has 0 radical (unpaired) electrons. The van der Waals surface area contributed by atoms with Crippen LogP contribution in [0.2, 0.25) is 0 Å². The van der Waals surface area contributed by atoms with Crippen LogP contribution in [0.5, 0.6) is 0 Å². The first-order valence-electron chi connectivity index (χ1n) is 8.05. The topological polar surface area (TPSA) is 65.5 Å². The maximum atomic E-state index is 12.6. The molecule has 1 aliphatic heterocycles. The fourth-order valence-corrected chi connectivity index (χ4v) is 3.57. The van der Waals surface area contributed by atoms with E-state index in [1.54, 1.807) is 29.9 Å². The lowest BCUT2D eigenvalue weighted by molar-refractivity contribution is -0.129. The summed E-state index contributed by atoms with van der Waals surface area (Å²) in [5.41, 5.74) is 1.05. The first-order valence-corrected chi connectivity index (χ1v) is 8.93. The number of hydrogen-bond acceptors (Lipinski definition) is 7. The second-order valence-electron chi connectivity index (χ2n) is 5.91. The van der Waals surface area contributed by atoms with E-state index < -0.39 is 0 Å². The van der Waals surface area contributed by atoms with E-state index in [0.717, 1.165) is 43.4 Å². The first-order chi connectivity index (χ1) is 11.6. The van der Waals surface area contributed by atoms with Crippen LogP contribution >= 0.6 is 11.3 Å². The molecule has 0 unspecified atom stereocenters. The van der Waals surface area contributed by atoms with E-state index in [-0.39, 0.29) is 5.91 Å². The van der Waals surface area contributed by atoms with Gasteiger partial charge in [-0.15, -0.1) is 11.3 Å². The Balaban J connectivity index is 1.56. The van der Waals surface area contributed by atoms with Gasteiger partial charge in [0.2, 0.25) is 5.91 Å². The van der Waals surface area contributed by atoms with Gasteiger partial charge in [0.15, 0.2) is 5.13 Å². The molecule has 8 heteroatoms. The molecule has 0 atom stereocenters. The number of anilines is 2. The summed E-state index contributed by atoms with van der Waals surface area (Å²) >= 11 is 1.67. The third-order valence-electron chi connectivity index (χ3n) is 4.04. The van der Waals surface area contributed by atoms with Gasteiger partial charge in [0.05, 0.1) is 18.4 Å². The summed E-state index contributed by atoms with van der Waals surface area (Å²) in [5.74, 6) is 0.834. The van der Waals surface area contributed by atoms with Gasteiger partial charge in [-0.2, -0.15) is 0 Å². The van der Waals surface area contributed by atoms with Crippen molar-refractivity contribution < 1.29 is 4.79 Å². The normalized spacial score (nSPS) is 15.2. The van der Waals surface area contributed by atoms with Crippen molar-refractivity contribution in [2.75, 3.05) is 49.6 Å². The minimum absolute atomic E-state index is 0.125. The molecular weight excluding hydrogens is 324 g/mol. The Bertz CT molecular complexity index is 676. The lowest BCUT2D eigenvalue weighted by atomic mass is 10.3. The molecule has 1 saturated heterocycles. The first kappa shape index (κ1) is 16.6. The molecule has 24 heavy (non-hydrogen) atoms. The Morgan fingerprint density at radius 1 is 1.29 bits per heavy atom. The van der Waals surface area contributed by atoms with E-state index in [1.165, 1.54) is 0 Å². The molecule has 0 aliphatic carbocycles. The van der Waals surface area contributed by atoms with Gasteiger partial charge in [-0.1, -0.05) is 0 Å². The zero-order chi connectivity index (χ0) is 16.9. The number of thiazole rings is 1. The molecule has 0 aromatic carbocycles. The monoisotopic (exact) mass is 346 g/mol. The van der Waals surface area contributed by atoms with Crippen molar-refractivity contribution in [2.45, 2.75) is 13.3 Å². The number of aryl methyl sites for hydroxylation is 1. The molecule has 1 amide bonds. The molecule has 1 fully saturated rings. The highest BCUT2D eigenvalue weighted by atomic mass is 32.1. The largest absolute Gasteiger partial charge is 0.349 e. The van der Waals surface area contributed by atoms with Crippen LogP contribution in [0, 0.1) is 6.92 Å². The van der Waals surface area contributed by atoms with Crippen molar-refractivity contribution in [1.82, 2.24) is 19.9 Å². The van der Waals surface area contributed by atoms with E-state index in [2.05, 4.69) is 25.2 Å². The van der Waals surface area contributed by atoms with Gasteiger partial charge in [0, 0.05) is 51.0 Å². The Labute approximate surface area is 146 Å². The molecule has 3 heterocycles. The number of likely N-dealkylation sites (N-methyl/N-ethyl adjacent to an activating group) is 1. The number of carbonyl (C=O) groups is 1. The van der Waals surface area contributed by atoms with Crippen LogP contribution in [-0.4, -0.2) is 65.5 Å². The lowest BCUT2D eigenvalue weighted by Gasteiger charge is -2.24. The van der Waals surface area contributed by atoms with Crippen LogP contribution < -0.4 is 9.80 Å². The smallest absolute Gasteiger partial charge is 0.242 e. The third-order valence-corrected chi connectivity index (χ3v) is 5.06. The minimum atomic E-state index is 0.125. The van der Waals surface area contributed by atoms with E-state index >= 15 is 0 Å². The zero-order valence-electron chi connectivity index (χ0n) is 14.1. The summed E-state index contributed by atoms with van der Waals surface area (Å²) in [5, 5.41) is 3.12. The van der Waals surface area contributed by atoms with Crippen molar-refractivity contribution in [3.8, 4) is 0 Å².